The smallest absolute Gasteiger partial charge is 0.254 e. The standard InChI is InChI=1S/C25H27N3O3/c29-25(20-7-9-21(10-8-20)27-14-16-30-17-15-27)28-13-12-23-22(18-28)26-24(31-23)11-6-19-4-2-1-3-5-19/h1-5,7-10H,6,11-18H2. The molecule has 3 aromatic rings. The van der Waals surface area contributed by atoms with E-state index in [-0.39, 0.29) is 5.91 Å². The van der Waals surface area contributed by atoms with Crippen LogP contribution in [0.2, 0.25) is 0 Å². The summed E-state index contributed by atoms with van der Waals surface area (Å²) in [5.74, 6) is 1.74. The summed E-state index contributed by atoms with van der Waals surface area (Å²) in [6.45, 7) is 4.45. The van der Waals surface area contributed by atoms with E-state index in [0.29, 0.717) is 25.1 Å². The van der Waals surface area contributed by atoms with Gasteiger partial charge in [0.2, 0.25) is 0 Å². The maximum absolute atomic E-state index is 13.0. The predicted molar refractivity (Wildman–Crippen MR) is 118 cm³/mol. The minimum Gasteiger partial charge on any atom is -0.445 e. The molecule has 2 aromatic carbocycles. The number of carbonyl (C=O) groups excluding carboxylic acids is 1. The molecule has 1 fully saturated rings. The van der Waals surface area contributed by atoms with E-state index in [1.54, 1.807) is 0 Å². The Hall–Kier alpha value is -3.12. The molecule has 0 bridgehead atoms. The zero-order chi connectivity index (χ0) is 21.0. The fourth-order valence-electron chi connectivity index (χ4n) is 4.25. The molecule has 0 unspecified atom stereocenters. The average molecular weight is 418 g/mol. The van der Waals surface area contributed by atoms with E-state index < -0.39 is 0 Å². The summed E-state index contributed by atoms with van der Waals surface area (Å²) in [5.41, 5.74) is 4.03. The molecular weight excluding hydrogens is 390 g/mol. The molecule has 2 aliphatic rings. The summed E-state index contributed by atoms with van der Waals surface area (Å²) < 4.78 is 11.4. The number of aryl methyl sites for hydroxylation is 2. The molecule has 6 heteroatoms. The lowest BCUT2D eigenvalue weighted by Crippen LogP contribution is -2.37. The summed E-state index contributed by atoms with van der Waals surface area (Å²) in [5, 5.41) is 0. The molecule has 0 saturated carbocycles. The molecule has 6 nitrogen and oxygen atoms in total. The first-order valence-electron chi connectivity index (χ1n) is 11.0. The number of ether oxygens (including phenoxy) is 1. The fraction of sp³-hybridized carbons (Fsp3) is 0.360. The fourth-order valence-corrected chi connectivity index (χ4v) is 4.25. The highest BCUT2D eigenvalue weighted by Gasteiger charge is 2.26. The van der Waals surface area contributed by atoms with Gasteiger partial charge in [-0.05, 0) is 36.2 Å². The number of carbonyl (C=O) groups is 1. The van der Waals surface area contributed by atoms with Crippen LogP contribution in [0.15, 0.2) is 59.0 Å². The Balaban J connectivity index is 1.22. The maximum Gasteiger partial charge on any atom is 0.254 e. The summed E-state index contributed by atoms with van der Waals surface area (Å²) in [6, 6.07) is 18.3. The quantitative estimate of drug-likeness (QED) is 0.636. The highest BCUT2D eigenvalue weighted by atomic mass is 16.5. The maximum atomic E-state index is 13.0. The van der Waals surface area contributed by atoms with Gasteiger partial charge >= 0.3 is 0 Å². The monoisotopic (exact) mass is 417 g/mol. The summed E-state index contributed by atoms with van der Waals surface area (Å²) >= 11 is 0. The molecule has 3 heterocycles. The number of anilines is 1. The molecule has 5 rings (SSSR count). The molecule has 0 spiro atoms. The van der Waals surface area contributed by atoms with Gasteiger partial charge in [0.1, 0.15) is 11.5 Å². The van der Waals surface area contributed by atoms with Crippen LogP contribution in [0.3, 0.4) is 0 Å². The summed E-state index contributed by atoms with van der Waals surface area (Å²) in [4.78, 5) is 21.9. The third kappa shape index (κ3) is 4.49. The zero-order valence-electron chi connectivity index (χ0n) is 17.6. The third-order valence-corrected chi connectivity index (χ3v) is 6.02. The van der Waals surface area contributed by atoms with Crippen molar-refractivity contribution in [3.05, 3.63) is 83.1 Å². The predicted octanol–water partition coefficient (Wildman–Crippen LogP) is 3.49. The number of oxazole rings is 1. The van der Waals surface area contributed by atoms with E-state index in [0.717, 1.165) is 62.2 Å². The number of nitrogens with zero attached hydrogens (tertiary/aromatic N) is 3. The first kappa shape index (κ1) is 19.8. The van der Waals surface area contributed by atoms with Crippen LogP contribution in [-0.2, 0) is 30.5 Å². The summed E-state index contributed by atoms with van der Waals surface area (Å²) in [6.07, 6.45) is 2.39. The van der Waals surface area contributed by atoms with Crippen molar-refractivity contribution in [2.75, 3.05) is 37.7 Å². The minimum absolute atomic E-state index is 0.0491. The van der Waals surface area contributed by atoms with Crippen LogP contribution in [-0.4, -0.2) is 48.6 Å². The highest BCUT2D eigenvalue weighted by Crippen LogP contribution is 2.23. The lowest BCUT2D eigenvalue weighted by molar-refractivity contribution is 0.0728. The molecular formula is C25H27N3O3. The van der Waals surface area contributed by atoms with E-state index in [4.69, 9.17) is 9.15 Å². The van der Waals surface area contributed by atoms with Gasteiger partial charge in [0.05, 0.1) is 19.8 Å². The van der Waals surface area contributed by atoms with Crippen molar-refractivity contribution in [1.29, 1.82) is 0 Å². The number of aromatic nitrogens is 1. The highest BCUT2D eigenvalue weighted by molar-refractivity contribution is 5.94. The number of rotatable bonds is 5. The molecule has 1 aromatic heterocycles. The molecule has 31 heavy (non-hydrogen) atoms. The van der Waals surface area contributed by atoms with Crippen LogP contribution < -0.4 is 4.90 Å². The number of fused-ring (bicyclic) bond motifs is 1. The second-order valence-electron chi connectivity index (χ2n) is 8.09. The van der Waals surface area contributed by atoms with Crippen molar-refractivity contribution < 1.29 is 13.9 Å². The Morgan fingerprint density at radius 3 is 2.48 bits per heavy atom. The molecule has 0 aliphatic carbocycles. The van der Waals surface area contributed by atoms with Gasteiger partial charge < -0.3 is 19.0 Å². The lowest BCUT2D eigenvalue weighted by atomic mass is 10.1. The van der Waals surface area contributed by atoms with Gasteiger partial charge in [-0.1, -0.05) is 30.3 Å². The number of morpholine rings is 1. The van der Waals surface area contributed by atoms with Crippen LogP contribution in [0.25, 0.3) is 0 Å². The Kier molecular flexibility index (Phi) is 5.71. The summed E-state index contributed by atoms with van der Waals surface area (Å²) in [7, 11) is 0. The van der Waals surface area contributed by atoms with Gasteiger partial charge in [-0.2, -0.15) is 0 Å². The number of amides is 1. The molecule has 1 amide bonds. The molecule has 1 saturated heterocycles. The van der Waals surface area contributed by atoms with Gasteiger partial charge in [0.15, 0.2) is 5.89 Å². The lowest BCUT2D eigenvalue weighted by Gasteiger charge is -2.29. The van der Waals surface area contributed by atoms with E-state index in [2.05, 4.69) is 22.0 Å². The Labute approximate surface area is 182 Å². The van der Waals surface area contributed by atoms with Crippen molar-refractivity contribution in [1.82, 2.24) is 9.88 Å². The van der Waals surface area contributed by atoms with E-state index >= 15 is 0 Å². The number of benzene rings is 2. The average Bonchev–Trinajstić information content (AvgIpc) is 3.26. The van der Waals surface area contributed by atoms with Crippen molar-refractivity contribution >= 4 is 11.6 Å². The normalized spacial score (nSPS) is 16.3. The van der Waals surface area contributed by atoms with E-state index in [1.807, 2.05) is 47.4 Å². The molecule has 0 radical (unpaired) electrons. The first-order chi connectivity index (χ1) is 15.3. The van der Waals surface area contributed by atoms with Crippen LogP contribution in [0, 0.1) is 0 Å². The Morgan fingerprint density at radius 2 is 1.71 bits per heavy atom. The SMILES string of the molecule is O=C(c1ccc(N2CCOCC2)cc1)N1CCc2oc(CCc3ccccc3)nc2C1. The minimum atomic E-state index is 0.0491. The van der Waals surface area contributed by atoms with E-state index in [9.17, 15) is 4.79 Å². The second-order valence-corrected chi connectivity index (χ2v) is 8.09. The molecule has 160 valence electrons. The Morgan fingerprint density at radius 1 is 0.935 bits per heavy atom. The van der Waals surface area contributed by atoms with Gasteiger partial charge in [0, 0.05) is 43.7 Å². The topological polar surface area (TPSA) is 58.8 Å². The molecule has 0 N–H and O–H groups in total. The number of hydrogen-bond donors (Lipinski definition) is 0. The molecule has 0 atom stereocenters. The van der Waals surface area contributed by atoms with Crippen LogP contribution >= 0.6 is 0 Å². The van der Waals surface area contributed by atoms with Gasteiger partial charge in [-0.3, -0.25) is 4.79 Å². The zero-order valence-corrected chi connectivity index (χ0v) is 17.6. The second kappa shape index (κ2) is 8.94. The largest absolute Gasteiger partial charge is 0.445 e. The van der Waals surface area contributed by atoms with Crippen LogP contribution in [0.1, 0.15) is 33.3 Å². The molecule has 2 aliphatic heterocycles. The van der Waals surface area contributed by atoms with Gasteiger partial charge in [-0.25, -0.2) is 4.98 Å². The third-order valence-electron chi connectivity index (χ3n) is 6.02. The van der Waals surface area contributed by atoms with Crippen molar-refractivity contribution in [3.63, 3.8) is 0 Å². The van der Waals surface area contributed by atoms with Crippen molar-refractivity contribution in [2.24, 2.45) is 0 Å². The van der Waals surface area contributed by atoms with Gasteiger partial charge in [-0.15, -0.1) is 0 Å². The van der Waals surface area contributed by atoms with Crippen LogP contribution in [0.4, 0.5) is 5.69 Å². The van der Waals surface area contributed by atoms with Crippen molar-refractivity contribution in [2.45, 2.75) is 25.8 Å². The number of hydrogen-bond acceptors (Lipinski definition) is 5. The van der Waals surface area contributed by atoms with Crippen LogP contribution in [0.5, 0.6) is 0 Å². The van der Waals surface area contributed by atoms with E-state index in [1.165, 1.54) is 5.56 Å². The first-order valence-corrected chi connectivity index (χ1v) is 11.0. The van der Waals surface area contributed by atoms with Gasteiger partial charge in [0.25, 0.3) is 5.91 Å². The van der Waals surface area contributed by atoms with Crippen molar-refractivity contribution in [3.8, 4) is 0 Å². The Bertz CT molecular complexity index is 1020.